The van der Waals surface area contributed by atoms with Gasteiger partial charge in [0.2, 0.25) is 0 Å². The molecule has 0 aliphatic rings. The largest absolute Gasteiger partial charge is 0.383 e. The molecule has 108 valence electrons. The van der Waals surface area contributed by atoms with Crippen LogP contribution in [-0.2, 0) is 5.60 Å². The Morgan fingerprint density at radius 1 is 1.35 bits per heavy atom. The third-order valence-corrected chi connectivity index (χ3v) is 5.63. The van der Waals surface area contributed by atoms with Crippen LogP contribution in [0.15, 0.2) is 40.9 Å². The van der Waals surface area contributed by atoms with E-state index < -0.39 is 5.60 Å². The summed E-state index contributed by atoms with van der Waals surface area (Å²) < 4.78 is 0. The molecule has 2 nitrogen and oxygen atoms in total. The molecule has 1 unspecified atom stereocenters. The van der Waals surface area contributed by atoms with Crippen molar-refractivity contribution in [2.45, 2.75) is 31.3 Å². The summed E-state index contributed by atoms with van der Waals surface area (Å²) >= 11 is 9.11. The highest BCUT2D eigenvalue weighted by Crippen LogP contribution is 2.44. The summed E-state index contributed by atoms with van der Waals surface area (Å²) in [5.74, 6) is 0.568. The Hall–Kier alpha value is -0.550. The maximum Gasteiger partial charge on any atom is 0.114 e. The first-order chi connectivity index (χ1) is 9.33. The topological polar surface area (TPSA) is 33.1 Å². The lowest BCUT2D eigenvalue weighted by molar-refractivity contribution is -0.0392. The quantitative estimate of drug-likeness (QED) is 0.817. The molecule has 1 N–H and O–H groups in total. The van der Waals surface area contributed by atoms with E-state index >= 15 is 0 Å². The molecule has 0 bridgehead atoms. The van der Waals surface area contributed by atoms with Crippen molar-refractivity contribution in [2.24, 2.45) is 5.41 Å². The summed E-state index contributed by atoms with van der Waals surface area (Å²) in [4.78, 5) is 6.06. The second-order valence-corrected chi connectivity index (χ2v) is 8.09. The molecule has 2 rings (SSSR count). The van der Waals surface area contributed by atoms with E-state index in [0.29, 0.717) is 10.8 Å². The number of nitrogens with zero attached hydrogens (tertiary/aromatic N) is 1. The fourth-order valence-corrected chi connectivity index (χ4v) is 4.45. The van der Waals surface area contributed by atoms with Crippen LogP contribution >= 0.6 is 34.7 Å². The predicted octanol–water partition coefficient (Wildman–Crippen LogP) is 4.82. The number of hydrogen-bond acceptors (Lipinski definition) is 4. The zero-order valence-electron chi connectivity index (χ0n) is 11.8. The Balaban J connectivity index is 2.22. The summed E-state index contributed by atoms with van der Waals surface area (Å²) in [6, 6.07) is 7.70. The third kappa shape index (κ3) is 3.37. The first-order valence-electron chi connectivity index (χ1n) is 6.33. The summed E-state index contributed by atoms with van der Waals surface area (Å²) in [6.45, 7) is 6.14. The van der Waals surface area contributed by atoms with E-state index in [1.54, 1.807) is 23.5 Å². The minimum absolute atomic E-state index is 0.273. The smallest absolute Gasteiger partial charge is 0.114 e. The highest BCUT2D eigenvalue weighted by Gasteiger charge is 2.42. The fourth-order valence-electron chi connectivity index (χ4n) is 1.82. The van der Waals surface area contributed by atoms with E-state index in [4.69, 9.17) is 11.6 Å². The molecule has 1 atom stereocenters. The van der Waals surface area contributed by atoms with Crippen molar-refractivity contribution in [3.8, 4) is 0 Å². The van der Waals surface area contributed by atoms with Gasteiger partial charge in [-0.3, -0.25) is 4.98 Å². The number of thiazole rings is 1. The van der Waals surface area contributed by atoms with Gasteiger partial charge in [0, 0.05) is 21.9 Å². The summed E-state index contributed by atoms with van der Waals surface area (Å²) in [6.07, 6.45) is 1.76. The molecule has 0 fully saturated rings. The molecule has 1 heterocycles. The van der Waals surface area contributed by atoms with Crippen LogP contribution < -0.4 is 0 Å². The Morgan fingerprint density at radius 2 is 2.10 bits per heavy atom. The Morgan fingerprint density at radius 3 is 2.65 bits per heavy atom. The molecular formula is C15H18ClNOS2. The molecule has 0 aliphatic carbocycles. The average molecular weight is 328 g/mol. The van der Waals surface area contributed by atoms with E-state index in [0.717, 1.165) is 9.77 Å². The molecule has 2 aromatic rings. The second-order valence-electron chi connectivity index (χ2n) is 5.72. The average Bonchev–Trinajstić information content (AvgIpc) is 2.89. The van der Waals surface area contributed by atoms with E-state index in [-0.39, 0.29) is 5.41 Å². The SMILES string of the molecule is CC(C)(C)C(O)(CSc1cccc(Cl)c1)c1cncs1. The number of benzene rings is 1. The monoisotopic (exact) mass is 327 g/mol. The second kappa shape index (κ2) is 6.06. The van der Waals surface area contributed by atoms with Gasteiger partial charge >= 0.3 is 0 Å². The highest BCUT2D eigenvalue weighted by atomic mass is 35.5. The van der Waals surface area contributed by atoms with Crippen LogP contribution in [-0.4, -0.2) is 15.8 Å². The zero-order chi connectivity index (χ0) is 14.8. The van der Waals surface area contributed by atoms with Gasteiger partial charge in [-0.2, -0.15) is 0 Å². The summed E-state index contributed by atoms with van der Waals surface area (Å²) in [5, 5.41) is 11.9. The van der Waals surface area contributed by atoms with Crippen LogP contribution in [0.3, 0.4) is 0 Å². The van der Waals surface area contributed by atoms with Gasteiger partial charge in [0.05, 0.1) is 10.4 Å². The van der Waals surface area contributed by atoms with Gasteiger partial charge in [-0.15, -0.1) is 23.1 Å². The van der Waals surface area contributed by atoms with Crippen LogP contribution in [0.1, 0.15) is 25.6 Å². The van der Waals surface area contributed by atoms with Crippen LogP contribution in [0.5, 0.6) is 0 Å². The van der Waals surface area contributed by atoms with Crippen LogP contribution in [0, 0.1) is 5.41 Å². The van der Waals surface area contributed by atoms with E-state index in [2.05, 4.69) is 4.98 Å². The van der Waals surface area contributed by atoms with Gasteiger partial charge in [0.25, 0.3) is 0 Å². The van der Waals surface area contributed by atoms with Crippen LogP contribution in [0.4, 0.5) is 0 Å². The van der Waals surface area contributed by atoms with Crippen LogP contribution in [0.2, 0.25) is 5.02 Å². The maximum absolute atomic E-state index is 11.2. The first-order valence-corrected chi connectivity index (χ1v) is 8.57. The number of rotatable bonds is 4. The lowest BCUT2D eigenvalue weighted by Gasteiger charge is -2.39. The number of halogens is 1. The van der Waals surface area contributed by atoms with Gasteiger partial charge in [0.15, 0.2) is 0 Å². The molecular weight excluding hydrogens is 310 g/mol. The minimum atomic E-state index is -0.916. The van der Waals surface area contributed by atoms with Gasteiger partial charge in [-0.05, 0) is 23.6 Å². The summed E-state index contributed by atoms with van der Waals surface area (Å²) in [7, 11) is 0. The molecule has 0 radical (unpaired) electrons. The zero-order valence-corrected chi connectivity index (χ0v) is 14.1. The van der Waals surface area contributed by atoms with E-state index in [1.807, 2.05) is 45.0 Å². The predicted molar refractivity (Wildman–Crippen MR) is 87.6 cm³/mol. The molecule has 0 saturated carbocycles. The lowest BCUT2D eigenvalue weighted by Crippen LogP contribution is -2.41. The van der Waals surface area contributed by atoms with Crippen molar-refractivity contribution in [2.75, 3.05) is 5.75 Å². The molecule has 0 aliphatic heterocycles. The standard InChI is InChI=1S/C15H18ClNOS2/c1-14(2,3)15(18,13-8-17-10-20-13)9-19-12-6-4-5-11(16)7-12/h4-8,10,18H,9H2,1-3H3. The van der Waals surface area contributed by atoms with Gasteiger partial charge in [0.1, 0.15) is 5.60 Å². The van der Waals surface area contributed by atoms with Gasteiger partial charge in [-0.25, -0.2) is 0 Å². The minimum Gasteiger partial charge on any atom is -0.383 e. The van der Waals surface area contributed by atoms with Crippen molar-refractivity contribution >= 4 is 34.7 Å². The Kier molecular flexibility index (Phi) is 4.80. The van der Waals surface area contributed by atoms with Crippen molar-refractivity contribution < 1.29 is 5.11 Å². The van der Waals surface area contributed by atoms with E-state index in [9.17, 15) is 5.11 Å². The van der Waals surface area contributed by atoms with Crippen molar-refractivity contribution in [1.82, 2.24) is 4.98 Å². The van der Waals surface area contributed by atoms with Gasteiger partial charge in [-0.1, -0.05) is 38.4 Å². The normalized spacial score (nSPS) is 15.1. The number of aliphatic hydroxyl groups is 1. The fraction of sp³-hybridized carbons (Fsp3) is 0.400. The van der Waals surface area contributed by atoms with Crippen molar-refractivity contribution in [1.29, 1.82) is 0 Å². The Labute approximate surface area is 133 Å². The number of hydrogen-bond donors (Lipinski definition) is 1. The molecule has 0 spiro atoms. The van der Waals surface area contributed by atoms with E-state index in [1.165, 1.54) is 11.3 Å². The summed E-state index contributed by atoms with van der Waals surface area (Å²) in [5.41, 5.74) is 0.572. The van der Waals surface area contributed by atoms with Crippen molar-refractivity contribution in [3.05, 3.63) is 45.9 Å². The number of aromatic nitrogens is 1. The third-order valence-electron chi connectivity index (χ3n) is 3.32. The molecule has 0 amide bonds. The van der Waals surface area contributed by atoms with Gasteiger partial charge < -0.3 is 5.11 Å². The number of thioether (sulfide) groups is 1. The highest BCUT2D eigenvalue weighted by molar-refractivity contribution is 7.99. The molecule has 0 saturated heterocycles. The maximum atomic E-state index is 11.2. The molecule has 5 heteroatoms. The Bertz CT molecular complexity index is 566. The molecule has 1 aromatic carbocycles. The molecule has 20 heavy (non-hydrogen) atoms. The molecule has 1 aromatic heterocycles. The van der Waals surface area contributed by atoms with Crippen molar-refractivity contribution in [3.63, 3.8) is 0 Å². The first kappa shape index (κ1) is 15.8. The lowest BCUT2D eigenvalue weighted by atomic mass is 9.77. The van der Waals surface area contributed by atoms with Crippen LogP contribution in [0.25, 0.3) is 0 Å².